The SMILES string of the molecule is Cc1ccccc1OCC(=O)NCCn1nc(-c2ccco2)ccc1=O. The minimum Gasteiger partial charge on any atom is -0.484 e. The number of benzene rings is 1. The number of nitrogens with zero attached hydrogens (tertiary/aromatic N) is 2. The summed E-state index contributed by atoms with van der Waals surface area (Å²) in [6.07, 6.45) is 1.54. The number of amides is 1. The maximum Gasteiger partial charge on any atom is 0.266 e. The number of para-hydroxylation sites is 1. The molecule has 0 fully saturated rings. The minimum absolute atomic E-state index is 0.0837. The van der Waals surface area contributed by atoms with Crippen molar-refractivity contribution in [3.8, 4) is 17.2 Å². The molecule has 0 aliphatic heterocycles. The maximum absolute atomic E-state index is 11.9. The largest absolute Gasteiger partial charge is 0.484 e. The number of hydrogen-bond acceptors (Lipinski definition) is 5. The fourth-order valence-corrected chi connectivity index (χ4v) is 2.38. The summed E-state index contributed by atoms with van der Waals surface area (Å²) in [5.41, 5.74) is 1.28. The lowest BCUT2D eigenvalue weighted by molar-refractivity contribution is -0.123. The Bertz CT molecular complexity index is 932. The van der Waals surface area contributed by atoms with Gasteiger partial charge in [-0.2, -0.15) is 5.10 Å². The van der Waals surface area contributed by atoms with Crippen molar-refractivity contribution in [3.63, 3.8) is 0 Å². The Morgan fingerprint density at radius 1 is 1.19 bits per heavy atom. The Kier molecular flexibility index (Phi) is 5.48. The molecule has 7 nitrogen and oxygen atoms in total. The average Bonchev–Trinajstić information content (AvgIpc) is 3.17. The molecule has 0 unspecified atom stereocenters. The number of carbonyl (C=O) groups excluding carboxylic acids is 1. The highest BCUT2D eigenvalue weighted by Crippen LogP contribution is 2.16. The number of aryl methyl sites for hydroxylation is 1. The second-order valence-corrected chi connectivity index (χ2v) is 5.66. The van der Waals surface area contributed by atoms with Crippen LogP contribution in [-0.4, -0.2) is 28.8 Å². The summed E-state index contributed by atoms with van der Waals surface area (Å²) in [5.74, 6) is 0.990. The second kappa shape index (κ2) is 8.15. The summed E-state index contributed by atoms with van der Waals surface area (Å²) in [6.45, 7) is 2.35. The van der Waals surface area contributed by atoms with Crippen LogP contribution in [0.3, 0.4) is 0 Å². The van der Waals surface area contributed by atoms with E-state index in [0.29, 0.717) is 17.2 Å². The van der Waals surface area contributed by atoms with E-state index < -0.39 is 0 Å². The fourth-order valence-electron chi connectivity index (χ4n) is 2.38. The van der Waals surface area contributed by atoms with Crippen LogP contribution >= 0.6 is 0 Å². The normalized spacial score (nSPS) is 10.5. The van der Waals surface area contributed by atoms with Crippen molar-refractivity contribution >= 4 is 5.91 Å². The Labute approximate surface area is 150 Å². The molecule has 0 aliphatic rings. The summed E-state index contributed by atoms with van der Waals surface area (Å²) in [5, 5.41) is 6.96. The van der Waals surface area contributed by atoms with E-state index in [1.54, 1.807) is 24.5 Å². The molecule has 0 spiro atoms. The van der Waals surface area contributed by atoms with Gasteiger partial charge in [-0.15, -0.1) is 0 Å². The van der Waals surface area contributed by atoms with Gasteiger partial charge in [-0.05, 0) is 36.8 Å². The average molecular weight is 353 g/mol. The van der Waals surface area contributed by atoms with Gasteiger partial charge in [0.25, 0.3) is 11.5 Å². The molecule has 0 atom stereocenters. The molecule has 1 amide bonds. The molecular weight excluding hydrogens is 334 g/mol. The molecule has 3 rings (SSSR count). The minimum atomic E-state index is -0.261. The molecule has 2 aromatic heterocycles. The molecule has 134 valence electrons. The molecule has 0 aliphatic carbocycles. The molecule has 3 aromatic rings. The molecule has 0 bridgehead atoms. The van der Waals surface area contributed by atoms with Crippen LogP contribution < -0.4 is 15.6 Å². The Morgan fingerprint density at radius 2 is 2.04 bits per heavy atom. The predicted octanol–water partition coefficient (Wildman–Crippen LogP) is 2.01. The van der Waals surface area contributed by atoms with Gasteiger partial charge in [0.1, 0.15) is 11.4 Å². The topological polar surface area (TPSA) is 86.4 Å². The van der Waals surface area contributed by atoms with Gasteiger partial charge in [0.05, 0.1) is 12.8 Å². The summed E-state index contributed by atoms with van der Waals surface area (Å²) in [7, 11) is 0. The summed E-state index contributed by atoms with van der Waals surface area (Å²) < 4.78 is 12.1. The highest BCUT2D eigenvalue weighted by molar-refractivity contribution is 5.77. The maximum atomic E-state index is 11.9. The van der Waals surface area contributed by atoms with Crippen molar-refractivity contribution in [1.82, 2.24) is 15.1 Å². The van der Waals surface area contributed by atoms with Crippen LogP contribution in [0.5, 0.6) is 5.75 Å². The zero-order chi connectivity index (χ0) is 18.4. The number of furan rings is 1. The lowest BCUT2D eigenvalue weighted by atomic mass is 10.2. The number of nitrogens with one attached hydrogen (secondary N) is 1. The van der Waals surface area contributed by atoms with E-state index in [2.05, 4.69) is 10.4 Å². The van der Waals surface area contributed by atoms with E-state index in [4.69, 9.17) is 9.15 Å². The fraction of sp³-hybridized carbons (Fsp3) is 0.211. The van der Waals surface area contributed by atoms with Crippen LogP contribution in [0.25, 0.3) is 11.5 Å². The van der Waals surface area contributed by atoms with Crippen LogP contribution in [-0.2, 0) is 11.3 Å². The molecule has 0 saturated carbocycles. The van der Waals surface area contributed by atoms with Gasteiger partial charge in [0, 0.05) is 12.6 Å². The molecule has 0 radical (unpaired) electrons. The van der Waals surface area contributed by atoms with Gasteiger partial charge in [-0.1, -0.05) is 18.2 Å². The van der Waals surface area contributed by atoms with Crippen LogP contribution in [0.2, 0.25) is 0 Å². The lowest BCUT2D eigenvalue weighted by Crippen LogP contribution is -2.34. The number of hydrogen-bond donors (Lipinski definition) is 1. The molecule has 0 saturated heterocycles. The first-order chi connectivity index (χ1) is 12.6. The Hall–Kier alpha value is -3.35. The van der Waals surface area contributed by atoms with Crippen molar-refractivity contribution in [2.75, 3.05) is 13.2 Å². The van der Waals surface area contributed by atoms with E-state index in [1.165, 1.54) is 10.7 Å². The van der Waals surface area contributed by atoms with Crippen molar-refractivity contribution in [1.29, 1.82) is 0 Å². The van der Waals surface area contributed by atoms with E-state index in [1.807, 2.05) is 31.2 Å². The van der Waals surface area contributed by atoms with Gasteiger partial charge < -0.3 is 14.5 Å². The summed E-state index contributed by atoms with van der Waals surface area (Å²) in [6, 6.07) is 14.0. The highest BCUT2D eigenvalue weighted by Gasteiger charge is 2.07. The predicted molar refractivity (Wildman–Crippen MR) is 95.9 cm³/mol. The van der Waals surface area contributed by atoms with Crippen LogP contribution in [0.4, 0.5) is 0 Å². The van der Waals surface area contributed by atoms with Crippen molar-refractivity contribution in [3.05, 3.63) is 70.7 Å². The summed E-state index contributed by atoms with van der Waals surface area (Å²) >= 11 is 0. The second-order valence-electron chi connectivity index (χ2n) is 5.66. The van der Waals surface area contributed by atoms with E-state index in [9.17, 15) is 9.59 Å². The first-order valence-electron chi connectivity index (χ1n) is 8.20. The zero-order valence-electron chi connectivity index (χ0n) is 14.3. The van der Waals surface area contributed by atoms with Crippen LogP contribution in [0.15, 0.2) is 64.0 Å². The molecule has 26 heavy (non-hydrogen) atoms. The number of ether oxygens (including phenoxy) is 1. The highest BCUT2D eigenvalue weighted by atomic mass is 16.5. The molecule has 1 aromatic carbocycles. The first-order valence-corrected chi connectivity index (χ1v) is 8.20. The van der Waals surface area contributed by atoms with Gasteiger partial charge >= 0.3 is 0 Å². The van der Waals surface area contributed by atoms with Gasteiger partial charge in [-0.3, -0.25) is 9.59 Å². The summed E-state index contributed by atoms with van der Waals surface area (Å²) in [4.78, 5) is 23.8. The van der Waals surface area contributed by atoms with Crippen molar-refractivity contribution < 1.29 is 13.9 Å². The van der Waals surface area contributed by atoms with Crippen molar-refractivity contribution in [2.24, 2.45) is 0 Å². The van der Waals surface area contributed by atoms with Crippen LogP contribution in [0, 0.1) is 6.92 Å². The third-order valence-electron chi connectivity index (χ3n) is 3.74. The quantitative estimate of drug-likeness (QED) is 0.702. The standard InChI is InChI=1S/C19H19N3O4/c1-14-5-2-3-6-16(14)26-13-18(23)20-10-11-22-19(24)9-8-15(21-22)17-7-4-12-25-17/h2-9,12H,10-11,13H2,1H3,(H,20,23). The van der Waals surface area contributed by atoms with Crippen LogP contribution in [0.1, 0.15) is 5.56 Å². The van der Waals surface area contributed by atoms with Gasteiger partial charge in [-0.25, -0.2) is 4.68 Å². The Morgan fingerprint density at radius 3 is 2.81 bits per heavy atom. The van der Waals surface area contributed by atoms with E-state index >= 15 is 0 Å². The van der Waals surface area contributed by atoms with Gasteiger partial charge in [0.2, 0.25) is 0 Å². The molecule has 1 N–H and O–H groups in total. The Balaban J connectivity index is 1.51. The monoisotopic (exact) mass is 353 g/mol. The zero-order valence-corrected chi connectivity index (χ0v) is 14.3. The van der Waals surface area contributed by atoms with Crippen molar-refractivity contribution in [2.45, 2.75) is 13.5 Å². The van der Waals surface area contributed by atoms with E-state index in [-0.39, 0.29) is 31.2 Å². The smallest absolute Gasteiger partial charge is 0.266 e. The lowest BCUT2D eigenvalue weighted by Gasteiger charge is -2.10. The van der Waals surface area contributed by atoms with E-state index in [0.717, 1.165) is 5.56 Å². The number of rotatable bonds is 7. The first kappa shape index (κ1) is 17.5. The third-order valence-corrected chi connectivity index (χ3v) is 3.74. The molecular formula is C19H19N3O4. The molecule has 7 heteroatoms. The number of carbonyl (C=O) groups is 1. The third kappa shape index (κ3) is 4.38. The molecule has 2 heterocycles. The number of aromatic nitrogens is 2. The van der Waals surface area contributed by atoms with Gasteiger partial charge in [0.15, 0.2) is 12.4 Å².